The summed E-state index contributed by atoms with van der Waals surface area (Å²) in [5, 5.41) is 12.4. The first-order valence-electron chi connectivity index (χ1n) is 6.11. The fraction of sp³-hybridized carbons (Fsp3) is 0. The Bertz CT molecular complexity index is 839. The van der Waals surface area contributed by atoms with E-state index in [-0.39, 0.29) is 5.69 Å². The summed E-state index contributed by atoms with van der Waals surface area (Å²) in [5.74, 6) is 0. The Morgan fingerprint density at radius 2 is 1.95 bits per heavy atom. The van der Waals surface area contributed by atoms with Gasteiger partial charge in [0.15, 0.2) is 0 Å². The van der Waals surface area contributed by atoms with Gasteiger partial charge in [0.1, 0.15) is 5.52 Å². The minimum atomic E-state index is -0.420. The average molecular weight is 317 g/mol. The van der Waals surface area contributed by atoms with Gasteiger partial charge in [-0.15, -0.1) is 0 Å². The van der Waals surface area contributed by atoms with E-state index in [1.165, 1.54) is 17.8 Å². The minimum absolute atomic E-state index is 0.0155. The number of nitro benzene ring substituents is 1. The highest BCUT2D eigenvalue weighted by atomic mass is 35.5. The van der Waals surface area contributed by atoms with E-state index < -0.39 is 4.92 Å². The first kappa shape index (κ1) is 13.9. The largest absolute Gasteiger partial charge is 0.295 e. The monoisotopic (exact) mass is 316 g/mol. The molecule has 4 nitrogen and oxygen atoms in total. The van der Waals surface area contributed by atoms with E-state index >= 15 is 0 Å². The fourth-order valence-electron chi connectivity index (χ4n) is 1.98. The lowest BCUT2D eigenvalue weighted by Crippen LogP contribution is -1.91. The highest BCUT2D eigenvalue weighted by Crippen LogP contribution is 2.34. The van der Waals surface area contributed by atoms with Crippen molar-refractivity contribution in [1.29, 1.82) is 0 Å². The molecule has 2 aromatic carbocycles. The molecule has 0 fully saturated rings. The van der Waals surface area contributed by atoms with Crippen molar-refractivity contribution in [2.24, 2.45) is 0 Å². The number of halogens is 1. The van der Waals surface area contributed by atoms with Crippen molar-refractivity contribution in [3.8, 4) is 0 Å². The van der Waals surface area contributed by atoms with Gasteiger partial charge in [0.2, 0.25) is 0 Å². The maximum atomic E-state index is 11.0. The SMILES string of the molecule is O=[N+]([O-])c1cccc2cc(Sc3ccccc3Cl)cnc12. The molecule has 0 radical (unpaired) electrons. The van der Waals surface area contributed by atoms with E-state index in [2.05, 4.69) is 4.98 Å². The summed E-state index contributed by atoms with van der Waals surface area (Å²) in [4.78, 5) is 16.6. The Balaban J connectivity index is 2.03. The van der Waals surface area contributed by atoms with E-state index in [4.69, 9.17) is 11.6 Å². The molecule has 104 valence electrons. The topological polar surface area (TPSA) is 56.0 Å². The molecule has 0 unspecified atom stereocenters. The van der Waals surface area contributed by atoms with Crippen LogP contribution >= 0.6 is 23.4 Å². The summed E-state index contributed by atoms with van der Waals surface area (Å²) in [6.45, 7) is 0. The van der Waals surface area contributed by atoms with Gasteiger partial charge in [-0.1, -0.05) is 47.6 Å². The van der Waals surface area contributed by atoms with Gasteiger partial charge < -0.3 is 0 Å². The summed E-state index contributed by atoms with van der Waals surface area (Å²) in [7, 11) is 0. The number of benzene rings is 2. The number of hydrogen-bond acceptors (Lipinski definition) is 4. The third kappa shape index (κ3) is 2.84. The summed E-state index contributed by atoms with van der Waals surface area (Å²) in [6.07, 6.45) is 1.63. The smallest absolute Gasteiger partial charge is 0.258 e. The number of fused-ring (bicyclic) bond motifs is 1. The highest BCUT2D eigenvalue weighted by Gasteiger charge is 2.13. The molecule has 1 heterocycles. The summed E-state index contributed by atoms with van der Waals surface area (Å²) < 4.78 is 0. The Hall–Kier alpha value is -2.11. The molecule has 6 heteroatoms. The molecule has 0 aliphatic heterocycles. The second-order valence-electron chi connectivity index (χ2n) is 4.31. The van der Waals surface area contributed by atoms with Gasteiger partial charge in [0.25, 0.3) is 5.69 Å². The van der Waals surface area contributed by atoms with Crippen molar-refractivity contribution in [3.05, 3.63) is 69.9 Å². The van der Waals surface area contributed by atoms with Gasteiger partial charge in [-0.25, -0.2) is 4.98 Å². The van der Waals surface area contributed by atoms with Crippen molar-refractivity contribution in [1.82, 2.24) is 4.98 Å². The number of para-hydroxylation sites is 1. The van der Waals surface area contributed by atoms with Crippen LogP contribution in [0.4, 0.5) is 5.69 Å². The molecule has 0 saturated carbocycles. The van der Waals surface area contributed by atoms with Gasteiger partial charge in [0.05, 0.1) is 9.95 Å². The predicted octanol–water partition coefficient (Wildman–Crippen LogP) is 4.95. The van der Waals surface area contributed by atoms with Crippen LogP contribution in [-0.2, 0) is 0 Å². The van der Waals surface area contributed by atoms with Gasteiger partial charge in [-0.05, 0) is 18.2 Å². The maximum absolute atomic E-state index is 11.0. The van der Waals surface area contributed by atoms with Gasteiger partial charge in [-0.2, -0.15) is 0 Å². The molecule has 21 heavy (non-hydrogen) atoms. The summed E-state index contributed by atoms with van der Waals surface area (Å²) >= 11 is 7.61. The molecule has 0 aliphatic carbocycles. The third-order valence-corrected chi connectivity index (χ3v) is 4.40. The van der Waals surface area contributed by atoms with E-state index in [1.807, 2.05) is 36.4 Å². The van der Waals surface area contributed by atoms with E-state index in [0.29, 0.717) is 10.5 Å². The van der Waals surface area contributed by atoms with Crippen molar-refractivity contribution in [3.63, 3.8) is 0 Å². The van der Waals surface area contributed by atoms with Gasteiger partial charge in [0, 0.05) is 27.4 Å². The van der Waals surface area contributed by atoms with E-state index in [0.717, 1.165) is 15.2 Å². The predicted molar refractivity (Wildman–Crippen MR) is 84.0 cm³/mol. The van der Waals surface area contributed by atoms with Crippen LogP contribution < -0.4 is 0 Å². The molecule has 0 amide bonds. The molecular weight excluding hydrogens is 308 g/mol. The van der Waals surface area contributed by atoms with Crippen LogP contribution in [0.5, 0.6) is 0 Å². The van der Waals surface area contributed by atoms with Crippen LogP contribution in [0.25, 0.3) is 10.9 Å². The van der Waals surface area contributed by atoms with Crippen LogP contribution in [0.1, 0.15) is 0 Å². The van der Waals surface area contributed by atoms with Crippen LogP contribution in [0.3, 0.4) is 0 Å². The van der Waals surface area contributed by atoms with Crippen LogP contribution in [0.2, 0.25) is 5.02 Å². The number of aromatic nitrogens is 1. The van der Waals surface area contributed by atoms with E-state index in [1.54, 1.807) is 12.3 Å². The number of pyridine rings is 1. The van der Waals surface area contributed by atoms with Crippen LogP contribution in [0, 0.1) is 10.1 Å². The molecule has 0 atom stereocenters. The lowest BCUT2D eigenvalue weighted by molar-refractivity contribution is -0.383. The quantitative estimate of drug-likeness (QED) is 0.507. The zero-order chi connectivity index (χ0) is 14.8. The van der Waals surface area contributed by atoms with Gasteiger partial charge >= 0.3 is 0 Å². The van der Waals surface area contributed by atoms with Crippen molar-refractivity contribution >= 4 is 40.0 Å². The minimum Gasteiger partial charge on any atom is -0.258 e. The Kier molecular flexibility index (Phi) is 3.77. The Morgan fingerprint density at radius 3 is 2.71 bits per heavy atom. The highest BCUT2D eigenvalue weighted by molar-refractivity contribution is 7.99. The van der Waals surface area contributed by atoms with E-state index in [9.17, 15) is 10.1 Å². The molecule has 0 spiro atoms. The lowest BCUT2D eigenvalue weighted by Gasteiger charge is -2.05. The number of rotatable bonds is 3. The second kappa shape index (κ2) is 5.71. The Morgan fingerprint density at radius 1 is 1.14 bits per heavy atom. The lowest BCUT2D eigenvalue weighted by atomic mass is 10.2. The maximum Gasteiger partial charge on any atom is 0.295 e. The summed E-state index contributed by atoms with van der Waals surface area (Å²) in [5.41, 5.74) is 0.410. The van der Waals surface area contributed by atoms with Crippen molar-refractivity contribution < 1.29 is 4.92 Å². The van der Waals surface area contributed by atoms with Crippen molar-refractivity contribution in [2.45, 2.75) is 9.79 Å². The first-order valence-corrected chi connectivity index (χ1v) is 7.30. The second-order valence-corrected chi connectivity index (χ2v) is 5.83. The molecule has 0 saturated heterocycles. The van der Waals surface area contributed by atoms with Crippen LogP contribution in [-0.4, -0.2) is 9.91 Å². The normalized spacial score (nSPS) is 10.7. The molecule has 0 N–H and O–H groups in total. The first-order chi connectivity index (χ1) is 10.1. The zero-order valence-corrected chi connectivity index (χ0v) is 12.3. The number of nitro groups is 1. The Labute approximate surface area is 129 Å². The van der Waals surface area contributed by atoms with Gasteiger partial charge in [-0.3, -0.25) is 10.1 Å². The van der Waals surface area contributed by atoms with Crippen molar-refractivity contribution in [2.75, 3.05) is 0 Å². The average Bonchev–Trinajstić information content (AvgIpc) is 2.48. The zero-order valence-electron chi connectivity index (χ0n) is 10.7. The molecule has 0 aliphatic rings. The molecule has 3 rings (SSSR count). The number of hydrogen-bond donors (Lipinski definition) is 0. The number of nitrogens with zero attached hydrogens (tertiary/aromatic N) is 2. The number of non-ortho nitro benzene ring substituents is 1. The molecule has 1 aromatic heterocycles. The molecular formula is C15H9ClN2O2S. The van der Waals surface area contributed by atoms with Crippen LogP contribution in [0.15, 0.2) is 64.5 Å². The third-order valence-electron chi connectivity index (χ3n) is 2.93. The fourth-order valence-corrected chi connectivity index (χ4v) is 3.09. The standard InChI is InChI=1S/C15H9ClN2O2S/c16-12-5-1-2-7-14(12)21-11-8-10-4-3-6-13(18(19)20)15(10)17-9-11/h1-9H. The molecule has 0 bridgehead atoms. The molecule has 3 aromatic rings. The summed E-state index contributed by atoms with van der Waals surface area (Å²) in [6, 6.07) is 14.3.